The van der Waals surface area contributed by atoms with Gasteiger partial charge in [0, 0.05) is 23.6 Å². The first-order valence-corrected chi connectivity index (χ1v) is 11.4. The van der Waals surface area contributed by atoms with Crippen molar-refractivity contribution in [3.05, 3.63) is 83.1 Å². The number of carbonyl (C=O) groups excluding carboxylic acids is 1. The van der Waals surface area contributed by atoms with E-state index < -0.39 is 15.9 Å². The molecule has 1 aromatic heterocycles. The number of pyridine rings is 1. The molecule has 0 spiro atoms. The van der Waals surface area contributed by atoms with Crippen LogP contribution in [0.1, 0.15) is 35.8 Å². The molecule has 3 rings (SSSR count). The van der Waals surface area contributed by atoms with Gasteiger partial charge in [-0.15, -0.1) is 0 Å². The van der Waals surface area contributed by atoms with Crippen LogP contribution in [-0.2, 0) is 10.0 Å². The molecule has 0 saturated carbocycles. The second-order valence-electron chi connectivity index (χ2n) is 6.68. The number of hydrogen-bond acceptors (Lipinski definition) is 5. The van der Waals surface area contributed by atoms with Crippen LogP contribution in [0.15, 0.2) is 71.9 Å². The Balaban J connectivity index is 1.79. The first-order chi connectivity index (χ1) is 14.8. The summed E-state index contributed by atoms with van der Waals surface area (Å²) in [6.07, 6.45) is 3.27. The molecule has 0 aliphatic carbocycles. The molecule has 1 atom stereocenters. The number of nitrogens with one attached hydrogen (secondary N) is 2. The van der Waals surface area contributed by atoms with Crippen LogP contribution < -0.4 is 14.8 Å². The van der Waals surface area contributed by atoms with E-state index in [0.717, 1.165) is 5.56 Å². The number of anilines is 1. The topological polar surface area (TPSA) is 97.4 Å². The van der Waals surface area contributed by atoms with E-state index in [-0.39, 0.29) is 21.5 Å². The maximum atomic E-state index is 12.9. The number of amides is 1. The first-order valence-electron chi connectivity index (χ1n) is 9.56. The molecule has 162 valence electrons. The second kappa shape index (κ2) is 9.80. The predicted octanol–water partition coefficient (Wildman–Crippen LogP) is 4.43. The summed E-state index contributed by atoms with van der Waals surface area (Å²) in [5.41, 5.74) is 1.40. The lowest BCUT2D eigenvalue weighted by Crippen LogP contribution is -2.27. The quantitative estimate of drug-likeness (QED) is 0.519. The van der Waals surface area contributed by atoms with Crippen LogP contribution >= 0.6 is 11.6 Å². The molecule has 1 unspecified atom stereocenters. The van der Waals surface area contributed by atoms with Crippen molar-refractivity contribution in [3.8, 4) is 5.75 Å². The van der Waals surface area contributed by atoms with Gasteiger partial charge in [0.05, 0.1) is 17.7 Å². The normalized spacial score (nSPS) is 12.1. The molecule has 1 amide bonds. The molecule has 0 saturated heterocycles. The Morgan fingerprint density at radius 3 is 2.42 bits per heavy atom. The SMILES string of the molecule is CCOc1ccc(NS(=O)(=O)c2cc(C(=O)NC(C)c3ccncc3)ccc2Cl)cc1. The molecule has 0 bridgehead atoms. The molecular formula is C22H22ClN3O4S. The first kappa shape index (κ1) is 22.6. The summed E-state index contributed by atoms with van der Waals surface area (Å²) in [6.45, 7) is 4.20. The van der Waals surface area contributed by atoms with Crippen molar-refractivity contribution in [1.82, 2.24) is 10.3 Å². The summed E-state index contributed by atoms with van der Waals surface area (Å²) in [6, 6.07) is 13.9. The molecule has 2 N–H and O–H groups in total. The van der Waals surface area contributed by atoms with Crippen molar-refractivity contribution in [2.45, 2.75) is 24.8 Å². The number of carbonyl (C=O) groups is 1. The third-order valence-electron chi connectivity index (χ3n) is 4.45. The maximum Gasteiger partial charge on any atom is 0.263 e. The van der Waals surface area contributed by atoms with Crippen molar-refractivity contribution >= 4 is 33.2 Å². The fraction of sp³-hybridized carbons (Fsp3) is 0.182. The fourth-order valence-electron chi connectivity index (χ4n) is 2.86. The second-order valence-corrected chi connectivity index (χ2v) is 8.74. The van der Waals surface area contributed by atoms with E-state index in [4.69, 9.17) is 16.3 Å². The van der Waals surface area contributed by atoms with Crippen LogP contribution in [0.3, 0.4) is 0 Å². The summed E-state index contributed by atoms with van der Waals surface area (Å²) in [7, 11) is -4.02. The van der Waals surface area contributed by atoms with Crippen LogP contribution in [0.4, 0.5) is 5.69 Å². The van der Waals surface area contributed by atoms with Crippen LogP contribution in [0, 0.1) is 0 Å². The van der Waals surface area contributed by atoms with Gasteiger partial charge >= 0.3 is 0 Å². The average Bonchev–Trinajstić information content (AvgIpc) is 2.76. The summed E-state index contributed by atoms with van der Waals surface area (Å²) >= 11 is 6.14. The van der Waals surface area contributed by atoms with Gasteiger partial charge in [0.25, 0.3) is 15.9 Å². The van der Waals surface area contributed by atoms with E-state index in [2.05, 4.69) is 15.0 Å². The van der Waals surface area contributed by atoms with E-state index in [1.807, 2.05) is 13.8 Å². The van der Waals surface area contributed by atoms with Gasteiger partial charge in [0.2, 0.25) is 0 Å². The molecular weight excluding hydrogens is 438 g/mol. The Kier molecular flexibility index (Phi) is 7.14. The maximum absolute atomic E-state index is 12.9. The van der Waals surface area contributed by atoms with Gasteiger partial charge in [0.1, 0.15) is 10.6 Å². The number of nitrogens with zero attached hydrogens (tertiary/aromatic N) is 1. The van der Waals surface area contributed by atoms with E-state index in [0.29, 0.717) is 18.0 Å². The van der Waals surface area contributed by atoms with Gasteiger partial charge in [-0.05, 0) is 74.0 Å². The van der Waals surface area contributed by atoms with E-state index in [1.165, 1.54) is 18.2 Å². The number of benzene rings is 2. The highest BCUT2D eigenvalue weighted by Gasteiger charge is 2.21. The third-order valence-corrected chi connectivity index (χ3v) is 6.32. The molecule has 2 aromatic carbocycles. The Morgan fingerprint density at radius 2 is 1.77 bits per heavy atom. The monoisotopic (exact) mass is 459 g/mol. The van der Waals surface area contributed by atoms with E-state index in [9.17, 15) is 13.2 Å². The zero-order valence-electron chi connectivity index (χ0n) is 17.0. The van der Waals surface area contributed by atoms with Crippen molar-refractivity contribution in [2.75, 3.05) is 11.3 Å². The van der Waals surface area contributed by atoms with Gasteiger partial charge in [-0.3, -0.25) is 14.5 Å². The number of sulfonamides is 1. The Labute approximate surface area is 186 Å². The highest BCUT2D eigenvalue weighted by molar-refractivity contribution is 7.92. The van der Waals surface area contributed by atoms with E-state index >= 15 is 0 Å². The number of rotatable bonds is 8. The Hall–Kier alpha value is -3.10. The lowest BCUT2D eigenvalue weighted by Gasteiger charge is -2.15. The van der Waals surface area contributed by atoms with Crippen molar-refractivity contribution in [1.29, 1.82) is 0 Å². The van der Waals surface area contributed by atoms with Gasteiger partial charge in [-0.25, -0.2) is 8.42 Å². The molecule has 0 fully saturated rings. The van der Waals surface area contributed by atoms with Crippen molar-refractivity contribution < 1.29 is 17.9 Å². The summed E-state index contributed by atoms with van der Waals surface area (Å²) in [5.74, 6) is 0.212. The largest absolute Gasteiger partial charge is 0.494 e. The van der Waals surface area contributed by atoms with Gasteiger partial charge in [0.15, 0.2) is 0 Å². The molecule has 0 aliphatic heterocycles. The number of aromatic nitrogens is 1. The van der Waals surface area contributed by atoms with Crippen molar-refractivity contribution in [3.63, 3.8) is 0 Å². The molecule has 31 heavy (non-hydrogen) atoms. The lowest BCUT2D eigenvalue weighted by atomic mass is 10.1. The molecule has 3 aromatic rings. The van der Waals surface area contributed by atoms with Gasteiger partial charge < -0.3 is 10.1 Å². The van der Waals surface area contributed by atoms with Crippen LogP contribution in [0.2, 0.25) is 5.02 Å². The standard InChI is InChI=1S/C22H22ClN3O4S/c1-3-30-19-7-5-18(6-8-19)26-31(28,29)21-14-17(4-9-20(21)23)22(27)25-15(2)16-10-12-24-13-11-16/h4-15,26H,3H2,1-2H3,(H,25,27). The average molecular weight is 460 g/mol. The Bertz CT molecular complexity index is 1150. The number of ether oxygens (including phenoxy) is 1. The molecule has 0 aliphatic rings. The minimum atomic E-state index is -4.02. The third kappa shape index (κ3) is 5.74. The van der Waals surface area contributed by atoms with Crippen LogP contribution in [-0.4, -0.2) is 25.9 Å². The highest BCUT2D eigenvalue weighted by Crippen LogP contribution is 2.26. The summed E-state index contributed by atoms with van der Waals surface area (Å²) in [5, 5.41) is 2.85. The minimum Gasteiger partial charge on any atom is -0.494 e. The number of hydrogen-bond donors (Lipinski definition) is 2. The predicted molar refractivity (Wildman–Crippen MR) is 120 cm³/mol. The molecule has 0 radical (unpaired) electrons. The zero-order chi connectivity index (χ0) is 22.4. The van der Waals surface area contributed by atoms with Crippen molar-refractivity contribution in [2.24, 2.45) is 0 Å². The fourth-order valence-corrected chi connectivity index (χ4v) is 4.45. The van der Waals surface area contributed by atoms with Gasteiger partial charge in [-0.2, -0.15) is 0 Å². The highest BCUT2D eigenvalue weighted by atomic mass is 35.5. The van der Waals surface area contributed by atoms with Gasteiger partial charge in [-0.1, -0.05) is 11.6 Å². The lowest BCUT2D eigenvalue weighted by molar-refractivity contribution is 0.0939. The smallest absolute Gasteiger partial charge is 0.263 e. The Morgan fingerprint density at radius 1 is 1.10 bits per heavy atom. The number of halogens is 1. The summed E-state index contributed by atoms with van der Waals surface area (Å²) < 4.78 is 33.6. The molecule has 7 nitrogen and oxygen atoms in total. The summed E-state index contributed by atoms with van der Waals surface area (Å²) in [4.78, 5) is 16.4. The zero-order valence-corrected chi connectivity index (χ0v) is 18.6. The van der Waals surface area contributed by atoms with Crippen LogP contribution in [0.25, 0.3) is 0 Å². The molecule has 1 heterocycles. The van der Waals surface area contributed by atoms with E-state index in [1.54, 1.807) is 48.8 Å². The van der Waals surface area contributed by atoms with Crippen LogP contribution in [0.5, 0.6) is 5.75 Å². The molecule has 9 heteroatoms. The minimum absolute atomic E-state index is 0.0113.